The normalized spacial score (nSPS) is 16.2. The van der Waals surface area contributed by atoms with Gasteiger partial charge in [-0.15, -0.1) is 0 Å². The Hall–Kier alpha value is -3.35. The Labute approximate surface area is 177 Å². The summed E-state index contributed by atoms with van der Waals surface area (Å²) in [5.41, 5.74) is 2.83. The largest absolute Gasteiger partial charge is 0.375 e. The van der Waals surface area contributed by atoms with Crippen molar-refractivity contribution in [2.45, 2.75) is 26.3 Å². The van der Waals surface area contributed by atoms with Crippen LogP contribution in [0.5, 0.6) is 0 Å². The van der Waals surface area contributed by atoms with Gasteiger partial charge in [-0.05, 0) is 44.5 Å². The van der Waals surface area contributed by atoms with E-state index in [0.29, 0.717) is 12.2 Å². The summed E-state index contributed by atoms with van der Waals surface area (Å²) in [6.45, 7) is 4.63. The van der Waals surface area contributed by atoms with Gasteiger partial charge in [-0.3, -0.25) is 19.4 Å². The fraction of sp³-hybridized carbons (Fsp3) is 0.348. The maximum Gasteiger partial charge on any atom is 0.332 e. The summed E-state index contributed by atoms with van der Waals surface area (Å²) in [6.07, 6.45) is 0.755. The lowest BCUT2D eigenvalue weighted by Gasteiger charge is -2.20. The van der Waals surface area contributed by atoms with Crippen LogP contribution in [0.2, 0.25) is 0 Å². The molecule has 0 unspecified atom stereocenters. The Kier molecular flexibility index (Phi) is 6.72. The van der Waals surface area contributed by atoms with Crippen LogP contribution in [0.25, 0.3) is 0 Å². The molecule has 0 bridgehead atoms. The van der Waals surface area contributed by atoms with Gasteiger partial charge in [-0.1, -0.05) is 35.9 Å². The molecule has 1 aliphatic heterocycles. The Morgan fingerprint density at radius 3 is 2.40 bits per heavy atom. The molecule has 1 fully saturated rings. The number of hydrogen-bond acceptors (Lipinski definition) is 4. The van der Waals surface area contributed by atoms with Gasteiger partial charge in [0.2, 0.25) is 5.91 Å². The minimum atomic E-state index is -0.632. The monoisotopic (exact) mass is 408 g/mol. The first-order valence-corrected chi connectivity index (χ1v) is 10.1. The highest BCUT2D eigenvalue weighted by Gasteiger charge is 2.43. The minimum Gasteiger partial charge on any atom is -0.375 e. The minimum absolute atomic E-state index is 0.265. The zero-order valence-electron chi connectivity index (χ0n) is 17.7. The second-order valence-corrected chi connectivity index (χ2v) is 7.55. The van der Waals surface area contributed by atoms with Crippen molar-refractivity contribution in [2.24, 2.45) is 0 Å². The van der Waals surface area contributed by atoms with E-state index >= 15 is 0 Å². The molecule has 4 amide bonds. The third-order valence-electron chi connectivity index (χ3n) is 5.25. The third-order valence-corrected chi connectivity index (χ3v) is 5.25. The molecule has 158 valence electrons. The van der Waals surface area contributed by atoms with Gasteiger partial charge in [-0.2, -0.15) is 0 Å². The highest BCUT2D eigenvalue weighted by molar-refractivity contribution is 6.15. The molecule has 7 nitrogen and oxygen atoms in total. The lowest BCUT2D eigenvalue weighted by molar-refractivity contribution is -0.131. The third kappa shape index (κ3) is 4.79. The van der Waals surface area contributed by atoms with Crippen LogP contribution < -0.4 is 15.1 Å². The number of aryl methyl sites for hydroxylation is 1. The number of urea groups is 1. The molecule has 2 aromatic rings. The standard InChI is InChI=1S/C23H28N4O3/c1-17-10-12-20(13-11-17)27-18(2)22(29)26(23(27)30)16-21(28)24-14-7-15-25(3)19-8-5-4-6-9-19/h4-6,8-13,18H,7,14-16H2,1-3H3,(H,24,28)/t18-/m1/s1. The van der Waals surface area contributed by atoms with Crippen molar-refractivity contribution >= 4 is 29.2 Å². The van der Waals surface area contributed by atoms with Gasteiger partial charge in [0.1, 0.15) is 12.6 Å². The molecule has 1 saturated heterocycles. The predicted octanol–water partition coefficient (Wildman–Crippen LogP) is 2.79. The van der Waals surface area contributed by atoms with E-state index in [9.17, 15) is 14.4 Å². The predicted molar refractivity (Wildman–Crippen MR) is 118 cm³/mol. The number of imide groups is 1. The number of nitrogens with one attached hydrogen (secondary N) is 1. The molecule has 0 radical (unpaired) electrons. The molecule has 3 rings (SSSR count). The summed E-state index contributed by atoms with van der Waals surface area (Å²) in [5, 5.41) is 2.80. The Morgan fingerprint density at radius 1 is 1.07 bits per heavy atom. The van der Waals surface area contributed by atoms with Gasteiger partial charge in [0.15, 0.2) is 0 Å². The van der Waals surface area contributed by atoms with Gasteiger partial charge in [-0.25, -0.2) is 4.79 Å². The number of rotatable bonds is 8. The highest BCUT2D eigenvalue weighted by atomic mass is 16.2. The Morgan fingerprint density at radius 2 is 1.73 bits per heavy atom. The van der Waals surface area contributed by atoms with E-state index in [2.05, 4.69) is 10.2 Å². The number of benzene rings is 2. The second-order valence-electron chi connectivity index (χ2n) is 7.55. The van der Waals surface area contributed by atoms with Crippen LogP contribution >= 0.6 is 0 Å². The maximum atomic E-state index is 12.8. The van der Waals surface area contributed by atoms with Crippen molar-refractivity contribution in [2.75, 3.05) is 36.5 Å². The molecule has 1 heterocycles. The van der Waals surface area contributed by atoms with E-state index in [1.54, 1.807) is 6.92 Å². The maximum absolute atomic E-state index is 12.8. The lowest BCUT2D eigenvalue weighted by atomic mass is 10.2. The van der Waals surface area contributed by atoms with Gasteiger partial charge in [0, 0.05) is 31.5 Å². The van der Waals surface area contributed by atoms with E-state index in [0.717, 1.165) is 29.1 Å². The van der Waals surface area contributed by atoms with Crippen molar-refractivity contribution in [3.63, 3.8) is 0 Å². The van der Waals surface area contributed by atoms with Gasteiger partial charge in [0.05, 0.1) is 0 Å². The molecule has 1 aliphatic rings. The highest BCUT2D eigenvalue weighted by Crippen LogP contribution is 2.25. The number of para-hydroxylation sites is 1. The zero-order chi connectivity index (χ0) is 21.7. The summed E-state index contributed by atoms with van der Waals surface area (Å²) in [4.78, 5) is 42.2. The molecule has 0 aromatic heterocycles. The molecule has 0 saturated carbocycles. The molecular formula is C23H28N4O3. The van der Waals surface area contributed by atoms with Crippen LogP contribution in [-0.2, 0) is 9.59 Å². The fourth-order valence-corrected chi connectivity index (χ4v) is 3.47. The van der Waals surface area contributed by atoms with Crippen LogP contribution in [0.4, 0.5) is 16.2 Å². The first-order chi connectivity index (χ1) is 14.4. The molecule has 2 aromatic carbocycles. The lowest BCUT2D eigenvalue weighted by Crippen LogP contribution is -2.42. The molecule has 1 N–H and O–H groups in total. The van der Waals surface area contributed by atoms with E-state index in [1.807, 2.05) is 68.6 Å². The summed E-state index contributed by atoms with van der Waals surface area (Å²) >= 11 is 0. The molecule has 0 spiro atoms. The van der Waals surface area contributed by atoms with E-state index in [4.69, 9.17) is 0 Å². The smallest absolute Gasteiger partial charge is 0.332 e. The van der Waals surface area contributed by atoms with Crippen molar-refractivity contribution in [3.05, 3.63) is 60.2 Å². The van der Waals surface area contributed by atoms with Crippen molar-refractivity contribution in [3.8, 4) is 0 Å². The van der Waals surface area contributed by atoms with Gasteiger partial charge >= 0.3 is 6.03 Å². The first kappa shape index (κ1) is 21.4. The number of nitrogens with zero attached hydrogens (tertiary/aromatic N) is 3. The summed E-state index contributed by atoms with van der Waals surface area (Å²) in [6, 6.07) is 16.3. The average Bonchev–Trinajstić information content (AvgIpc) is 2.95. The SMILES string of the molecule is Cc1ccc(N2C(=O)N(CC(=O)NCCCN(C)c3ccccc3)C(=O)[C@H]2C)cc1. The second kappa shape index (κ2) is 9.43. The van der Waals surface area contributed by atoms with Crippen LogP contribution in [0, 0.1) is 6.92 Å². The number of amides is 4. The Bertz CT molecular complexity index is 898. The topological polar surface area (TPSA) is 73.0 Å². The van der Waals surface area contributed by atoms with Crippen molar-refractivity contribution < 1.29 is 14.4 Å². The number of hydrogen-bond donors (Lipinski definition) is 1. The number of carbonyl (C=O) groups is 3. The average molecular weight is 409 g/mol. The first-order valence-electron chi connectivity index (χ1n) is 10.1. The van der Waals surface area contributed by atoms with Gasteiger partial charge < -0.3 is 10.2 Å². The molecule has 30 heavy (non-hydrogen) atoms. The summed E-state index contributed by atoms with van der Waals surface area (Å²) in [5.74, 6) is -0.698. The van der Waals surface area contributed by atoms with Crippen LogP contribution in [0.15, 0.2) is 54.6 Å². The fourth-order valence-electron chi connectivity index (χ4n) is 3.47. The zero-order valence-corrected chi connectivity index (χ0v) is 17.7. The van der Waals surface area contributed by atoms with E-state index in [1.165, 1.54) is 4.90 Å². The number of anilines is 2. The Balaban J connectivity index is 1.49. The van der Waals surface area contributed by atoms with Crippen LogP contribution in [0.1, 0.15) is 18.9 Å². The summed E-state index contributed by atoms with van der Waals surface area (Å²) in [7, 11) is 2.00. The number of carbonyl (C=O) groups excluding carboxylic acids is 3. The molecule has 7 heteroatoms. The van der Waals surface area contributed by atoms with Crippen LogP contribution in [0.3, 0.4) is 0 Å². The van der Waals surface area contributed by atoms with E-state index in [-0.39, 0.29) is 18.4 Å². The quantitative estimate of drug-likeness (QED) is 0.539. The molecular weight excluding hydrogens is 380 g/mol. The summed E-state index contributed by atoms with van der Waals surface area (Å²) < 4.78 is 0. The van der Waals surface area contributed by atoms with Crippen LogP contribution in [-0.4, -0.2) is 55.5 Å². The van der Waals surface area contributed by atoms with Crippen molar-refractivity contribution in [1.29, 1.82) is 0 Å². The molecule has 1 atom stereocenters. The molecule has 0 aliphatic carbocycles. The van der Waals surface area contributed by atoms with E-state index < -0.39 is 12.1 Å². The van der Waals surface area contributed by atoms with Gasteiger partial charge in [0.25, 0.3) is 5.91 Å². The van der Waals surface area contributed by atoms with Crippen molar-refractivity contribution in [1.82, 2.24) is 10.2 Å².